The van der Waals surface area contributed by atoms with E-state index in [-0.39, 0.29) is 5.91 Å². The molecule has 2 aliphatic rings. The average Bonchev–Trinajstić information content (AvgIpc) is 3.30. The van der Waals surface area contributed by atoms with Gasteiger partial charge in [0.2, 0.25) is 5.91 Å². The van der Waals surface area contributed by atoms with Crippen molar-refractivity contribution in [3.05, 3.63) is 23.3 Å². The minimum atomic E-state index is 0.146. The third-order valence-electron chi connectivity index (χ3n) is 6.41. The van der Waals surface area contributed by atoms with Gasteiger partial charge in [-0.1, -0.05) is 6.42 Å². The molecule has 2 heterocycles. The monoisotopic (exact) mass is 341 g/mol. The van der Waals surface area contributed by atoms with Crippen LogP contribution in [0.1, 0.15) is 56.0 Å². The number of hydrogen-bond donors (Lipinski definition) is 1. The van der Waals surface area contributed by atoms with Crippen LogP contribution in [0.4, 0.5) is 0 Å². The van der Waals surface area contributed by atoms with Crippen molar-refractivity contribution in [3.63, 3.8) is 0 Å². The maximum absolute atomic E-state index is 12.5. The van der Waals surface area contributed by atoms with Gasteiger partial charge in [-0.25, -0.2) is 9.50 Å². The minimum absolute atomic E-state index is 0.146. The van der Waals surface area contributed by atoms with Crippen molar-refractivity contribution in [1.82, 2.24) is 24.9 Å². The summed E-state index contributed by atoms with van der Waals surface area (Å²) >= 11 is 0. The van der Waals surface area contributed by atoms with Gasteiger partial charge < -0.3 is 5.32 Å². The lowest BCUT2D eigenvalue weighted by molar-refractivity contribution is -0.122. The second-order valence-electron chi connectivity index (χ2n) is 7.93. The lowest BCUT2D eigenvalue weighted by Crippen LogP contribution is -2.40. The van der Waals surface area contributed by atoms with E-state index in [1.165, 1.54) is 32.0 Å². The molecule has 1 N–H and O–H groups in total. The highest BCUT2D eigenvalue weighted by atomic mass is 16.1. The Morgan fingerprint density at radius 1 is 1.36 bits per heavy atom. The summed E-state index contributed by atoms with van der Waals surface area (Å²) < 4.78 is 1.75. The molecule has 4 rings (SSSR count). The number of amides is 1. The number of fused-ring (bicyclic) bond motifs is 3. The molecule has 2 fully saturated rings. The molecule has 2 aliphatic carbocycles. The van der Waals surface area contributed by atoms with Crippen molar-refractivity contribution in [2.45, 2.75) is 65.3 Å². The van der Waals surface area contributed by atoms with Gasteiger partial charge >= 0.3 is 0 Å². The van der Waals surface area contributed by atoms with Crippen LogP contribution < -0.4 is 5.32 Å². The molecular formula is C19H27N5O. The first-order chi connectivity index (χ1) is 12.0. The van der Waals surface area contributed by atoms with Gasteiger partial charge in [0, 0.05) is 23.9 Å². The molecule has 2 bridgehead atoms. The van der Waals surface area contributed by atoms with Crippen LogP contribution in [0.3, 0.4) is 0 Å². The Hall–Kier alpha value is -1.98. The molecule has 6 nitrogen and oxygen atoms in total. The Labute approximate surface area is 148 Å². The van der Waals surface area contributed by atoms with E-state index in [1.807, 2.05) is 13.8 Å². The fraction of sp³-hybridized carbons (Fsp3) is 0.684. The van der Waals surface area contributed by atoms with Crippen molar-refractivity contribution in [3.8, 4) is 0 Å². The molecule has 1 amide bonds. The highest BCUT2D eigenvalue weighted by Crippen LogP contribution is 2.49. The Bertz CT molecular complexity index is 798. The van der Waals surface area contributed by atoms with Gasteiger partial charge in [0.15, 0.2) is 0 Å². The summed E-state index contributed by atoms with van der Waals surface area (Å²) in [5.74, 6) is 3.20. The maximum atomic E-state index is 12.5. The summed E-state index contributed by atoms with van der Waals surface area (Å²) in [4.78, 5) is 21.1. The first-order valence-corrected chi connectivity index (χ1v) is 9.48. The van der Waals surface area contributed by atoms with Crippen molar-refractivity contribution in [1.29, 1.82) is 0 Å². The minimum Gasteiger partial charge on any atom is -0.353 e. The van der Waals surface area contributed by atoms with Gasteiger partial charge in [0.05, 0.1) is 0 Å². The lowest BCUT2D eigenvalue weighted by atomic mass is 9.84. The predicted octanol–water partition coefficient (Wildman–Crippen LogP) is 2.61. The van der Waals surface area contributed by atoms with Crippen LogP contribution in [-0.2, 0) is 11.2 Å². The number of carbonyl (C=O) groups excluding carboxylic acids is 1. The zero-order chi connectivity index (χ0) is 17.6. The van der Waals surface area contributed by atoms with Gasteiger partial charge in [0.25, 0.3) is 5.78 Å². The summed E-state index contributed by atoms with van der Waals surface area (Å²) in [5, 5.41) is 7.47. The summed E-state index contributed by atoms with van der Waals surface area (Å²) in [6.45, 7) is 6.18. The molecule has 0 spiro atoms. The standard InChI is InChI=1S/C19H27N5O/c1-11-16(13(3)24-19(23-11)20-10-21-24)6-7-18(25)22-12(2)17-9-14-4-5-15(17)8-14/h10,12,14-15,17H,4-9H2,1-3H3,(H,22,25)/t12-,14+,15+,17+/m1/s1. The quantitative estimate of drug-likeness (QED) is 0.907. The number of nitrogens with one attached hydrogen (secondary N) is 1. The average molecular weight is 341 g/mol. The number of nitrogens with zero attached hydrogens (tertiary/aromatic N) is 4. The van der Waals surface area contributed by atoms with E-state index in [0.717, 1.165) is 28.8 Å². The van der Waals surface area contributed by atoms with Crippen LogP contribution >= 0.6 is 0 Å². The number of hydrogen-bond acceptors (Lipinski definition) is 4. The molecule has 0 aromatic carbocycles. The number of rotatable bonds is 5. The molecular weight excluding hydrogens is 314 g/mol. The van der Waals surface area contributed by atoms with Crippen LogP contribution in [0, 0.1) is 31.6 Å². The van der Waals surface area contributed by atoms with E-state index in [4.69, 9.17) is 0 Å². The molecule has 2 aromatic heterocycles. The Morgan fingerprint density at radius 2 is 2.20 bits per heavy atom. The first kappa shape index (κ1) is 16.5. The Kier molecular flexibility index (Phi) is 4.21. The zero-order valence-corrected chi connectivity index (χ0v) is 15.3. The number of aromatic nitrogens is 4. The van der Waals surface area contributed by atoms with Gasteiger partial charge in [-0.15, -0.1) is 0 Å². The van der Waals surface area contributed by atoms with Crippen molar-refractivity contribution in [2.24, 2.45) is 17.8 Å². The van der Waals surface area contributed by atoms with Crippen LogP contribution in [0.5, 0.6) is 0 Å². The second-order valence-corrected chi connectivity index (χ2v) is 7.93. The smallest absolute Gasteiger partial charge is 0.252 e. The largest absolute Gasteiger partial charge is 0.353 e. The highest BCUT2D eigenvalue weighted by molar-refractivity contribution is 5.76. The summed E-state index contributed by atoms with van der Waals surface area (Å²) in [6.07, 6.45) is 8.15. The summed E-state index contributed by atoms with van der Waals surface area (Å²) in [5.41, 5.74) is 3.06. The van der Waals surface area contributed by atoms with Crippen molar-refractivity contribution < 1.29 is 4.79 Å². The van der Waals surface area contributed by atoms with Crippen LogP contribution in [0.2, 0.25) is 0 Å². The molecule has 0 unspecified atom stereocenters. The van der Waals surface area contributed by atoms with Crippen LogP contribution in [0.25, 0.3) is 5.78 Å². The normalized spacial score (nSPS) is 26.3. The van der Waals surface area contributed by atoms with Gasteiger partial charge in [0.1, 0.15) is 6.33 Å². The Balaban J connectivity index is 1.37. The van der Waals surface area contributed by atoms with Crippen molar-refractivity contribution in [2.75, 3.05) is 0 Å². The number of aryl methyl sites for hydroxylation is 2. The van der Waals surface area contributed by atoms with Crippen molar-refractivity contribution >= 4 is 11.7 Å². The fourth-order valence-electron chi connectivity index (χ4n) is 5.10. The summed E-state index contributed by atoms with van der Waals surface area (Å²) in [7, 11) is 0. The molecule has 25 heavy (non-hydrogen) atoms. The highest BCUT2D eigenvalue weighted by Gasteiger charge is 2.42. The van der Waals surface area contributed by atoms with Crippen LogP contribution in [0.15, 0.2) is 6.33 Å². The predicted molar refractivity (Wildman–Crippen MR) is 95.1 cm³/mol. The maximum Gasteiger partial charge on any atom is 0.252 e. The summed E-state index contributed by atoms with van der Waals surface area (Å²) in [6, 6.07) is 0.293. The molecule has 0 saturated heterocycles. The molecule has 0 radical (unpaired) electrons. The van der Waals surface area contributed by atoms with E-state index in [0.29, 0.717) is 30.6 Å². The number of carbonyl (C=O) groups is 1. The molecule has 6 heteroatoms. The molecule has 0 aliphatic heterocycles. The van der Waals surface area contributed by atoms with E-state index in [9.17, 15) is 4.79 Å². The Morgan fingerprint density at radius 3 is 2.92 bits per heavy atom. The van der Waals surface area contributed by atoms with E-state index in [1.54, 1.807) is 4.52 Å². The van der Waals surface area contributed by atoms with Gasteiger partial charge in [-0.05, 0) is 69.8 Å². The van der Waals surface area contributed by atoms with E-state index in [2.05, 4.69) is 27.3 Å². The van der Waals surface area contributed by atoms with E-state index < -0.39 is 0 Å². The molecule has 2 saturated carbocycles. The molecule has 2 aromatic rings. The van der Waals surface area contributed by atoms with Gasteiger partial charge in [-0.3, -0.25) is 4.79 Å². The first-order valence-electron chi connectivity index (χ1n) is 9.48. The third kappa shape index (κ3) is 3.02. The zero-order valence-electron chi connectivity index (χ0n) is 15.3. The van der Waals surface area contributed by atoms with Crippen LogP contribution in [-0.4, -0.2) is 31.5 Å². The molecule has 134 valence electrons. The van der Waals surface area contributed by atoms with E-state index >= 15 is 0 Å². The van der Waals surface area contributed by atoms with Gasteiger partial charge in [-0.2, -0.15) is 10.1 Å². The topological polar surface area (TPSA) is 72.2 Å². The fourth-order valence-corrected chi connectivity index (χ4v) is 5.10. The lowest BCUT2D eigenvalue weighted by Gasteiger charge is -2.28. The third-order valence-corrected chi connectivity index (χ3v) is 6.41. The second kappa shape index (κ2) is 6.39. The molecule has 4 atom stereocenters. The SMILES string of the molecule is Cc1nc2ncnn2c(C)c1CCC(=O)N[C@H](C)[C@@H]1C[C@H]2CC[C@H]1C2.